The Balaban J connectivity index is 1.57. The Morgan fingerprint density at radius 2 is 1.66 bits per heavy atom. The maximum absolute atomic E-state index is 13.5. The van der Waals surface area contributed by atoms with Crippen LogP contribution in [-0.2, 0) is 16.0 Å². The van der Waals surface area contributed by atoms with Gasteiger partial charge in [-0.1, -0.05) is 12.1 Å². The molecule has 4 rings (SSSR count). The summed E-state index contributed by atoms with van der Waals surface area (Å²) in [6.45, 7) is 14.0. The number of benzene rings is 1. The summed E-state index contributed by atoms with van der Waals surface area (Å²) in [7, 11) is 0. The predicted molar refractivity (Wildman–Crippen MR) is 138 cm³/mol. The van der Waals surface area contributed by atoms with Crippen molar-refractivity contribution in [3.63, 3.8) is 0 Å². The number of rotatable bonds is 3. The van der Waals surface area contributed by atoms with E-state index >= 15 is 0 Å². The highest BCUT2D eigenvalue weighted by atomic mass is 16.6. The summed E-state index contributed by atoms with van der Waals surface area (Å²) in [4.78, 5) is 34.5. The smallest absolute Gasteiger partial charge is 0.410 e. The van der Waals surface area contributed by atoms with Gasteiger partial charge in [0, 0.05) is 37.9 Å². The van der Waals surface area contributed by atoms with Gasteiger partial charge >= 0.3 is 6.09 Å². The molecule has 7 nitrogen and oxygen atoms in total. The number of aromatic nitrogens is 2. The minimum Gasteiger partial charge on any atom is -0.444 e. The Morgan fingerprint density at radius 3 is 2.37 bits per heavy atom. The highest BCUT2D eigenvalue weighted by Gasteiger charge is 2.27. The first kappa shape index (κ1) is 24.8. The van der Waals surface area contributed by atoms with E-state index in [1.807, 2.05) is 55.3 Å². The van der Waals surface area contributed by atoms with Crippen molar-refractivity contribution in [3.05, 3.63) is 58.9 Å². The second-order valence-corrected chi connectivity index (χ2v) is 10.5. The summed E-state index contributed by atoms with van der Waals surface area (Å²) in [5.41, 5.74) is 6.61. The summed E-state index contributed by atoms with van der Waals surface area (Å²) in [5, 5.41) is 0. The number of pyridine rings is 1. The molecule has 3 aromatic rings. The fourth-order valence-electron chi connectivity index (χ4n) is 4.42. The van der Waals surface area contributed by atoms with E-state index in [0.29, 0.717) is 26.2 Å². The molecule has 1 fully saturated rings. The molecule has 1 aliphatic heterocycles. The molecule has 1 aromatic carbocycles. The van der Waals surface area contributed by atoms with Crippen molar-refractivity contribution in [1.82, 2.24) is 19.2 Å². The van der Waals surface area contributed by atoms with Crippen molar-refractivity contribution < 1.29 is 14.3 Å². The van der Waals surface area contributed by atoms with Crippen LogP contribution in [-0.4, -0.2) is 63.0 Å². The largest absolute Gasteiger partial charge is 0.444 e. The molecule has 0 atom stereocenters. The number of amides is 2. The molecule has 0 saturated carbocycles. The van der Waals surface area contributed by atoms with E-state index in [1.165, 1.54) is 11.1 Å². The third-order valence-corrected chi connectivity index (χ3v) is 6.48. The summed E-state index contributed by atoms with van der Waals surface area (Å²) in [5.74, 6) is 0.0449. The van der Waals surface area contributed by atoms with Crippen molar-refractivity contribution in [2.75, 3.05) is 26.2 Å². The first-order valence-corrected chi connectivity index (χ1v) is 12.3. The third kappa shape index (κ3) is 5.66. The molecule has 0 unspecified atom stereocenters. The van der Waals surface area contributed by atoms with E-state index in [2.05, 4.69) is 32.0 Å². The zero-order valence-electron chi connectivity index (χ0n) is 21.7. The number of hydrogen-bond donors (Lipinski definition) is 0. The van der Waals surface area contributed by atoms with Crippen LogP contribution >= 0.6 is 0 Å². The van der Waals surface area contributed by atoms with Crippen molar-refractivity contribution in [2.45, 2.75) is 60.0 Å². The van der Waals surface area contributed by atoms with E-state index in [-0.39, 0.29) is 18.4 Å². The Labute approximate surface area is 207 Å². The van der Waals surface area contributed by atoms with E-state index < -0.39 is 5.60 Å². The number of carbonyl (C=O) groups excluding carboxylic acids is 2. The second-order valence-electron chi connectivity index (χ2n) is 10.5. The van der Waals surface area contributed by atoms with E-state index in [9.17, 15) is 9.59 Å². The zero-order valence-corrected chi connectivity index (χ0v) is 21.7. The predicted octanol–water partition coefficient (Wildman–Crippen LogP) is 4.94. The zero-order chi connectivity index (χ0) is 25.3. The standard InChI is InChI=1S/C28H36N4O3/c1-19-10-13-32-23(26(29-24(32)16-19)22-9-8-20(2)21(3)17-22)18-25(33)30-11-7-12-31(15-14-30)27(34)35-28(4,5)6/h8-10,13,16-17H,7,11-12,14-15,18H2,1-6H3. The summed E-state index contributed by atoms with van der Waals surface area (Å²) in [6, 6.07) is 10.4. The Hall–Kier alpha value is -3.35. The minimum absolute atomic E-state index is 0.0449. The molecule has 0 N–H and O–H groups in total. The van der Waals surface area contributed by atoms with Gasteiger partial charge in [0.15, 0.2) is 0 Å². The van der Waals surface area contributed by atoms with Crippen LogP contribution in [0, 0.1) is 20.8 Å². The van der Waals surface area contributed by atoms with Gasteiger partial charge in [-0.25, -0.2) is 9.78 Å². The number of hydrogen-bond acceptors (Lipinski definition) is 4. The number of aryl methyl sites for hydroxylation is 3. The maximum Gasteiger partial charge on any atom is 0.410 e. The Bertz CT molecular complexity index is 1260. The van der Waals surface area contributed by atoms with Gasteiger partial charge in [0.1, 0.15) is 11.2 Å². The van der Waals surface area contributed by atoms with Gasteiger partial charge in [-0.15, -0.1) is 0 Å². The van der Waals surface area contributed by atoms with Crippen LogP contribution < -0.4 is 0 Å². The summed E-state index contributed by atoms with van der Waals surface area (Å²) in [6.07, 6.45) is 2.65. The first-order valence-electron chi connectivity index (χ1n) is 12.3. The molecule has 0 bridgehead atoms. The highest BCUT2D eigenvalue weighted by molar-refractivity contribution is 5.82. The van der Waals surface area contributed by atoms with Gasteiger partial charge in [-0.2, -0.15) is 0 Å². The fraction of sp³-hybridized carbons (Fsp3) is 0.464. The molecule has 0 aliphatic carbocycles. The lowest BCUT2D eigenvalue weighted by Gasteiger charge is -2.26. The lowest BCUT2D eigenvalue weighted by molar-refractivity contribution is -0.130. The molecule has 2 aromatic heterocycles. The van der Waals surface area contributed by atoms with Crippen LogP contribution in [0.15, 0.2) is 36.5 Å². The topological polar surface area (TPSA) is 67.2 Å². The number of fused-ring (bicyclic) bond motifs is 1. The SMILES string of the molecule is Cc1ccn2c(CC(=O)N3CCCN(C(=O)OC(C)(C)C)CC3)c(-c3ccc(C)c(C)c3)nc2c1. The van der Waals surface area contributed by atoms with Crippen molar-refractivity contribution in [3.8, 4) is 11.3 Å². The molecule has 0 radical (unpaired) electrons. The molecule has 3 heterocycles. The molecule has 1 saturated heterocycles. The van der Waals surface area contributed by atoms with Crippen LogP contribution in [0.1, 0.15) is 49.6 Å². The van der Waals surface area contributed by atoms with E-state index in [1.54, 1.807) is 4.90 Å². The summed E-state index contributed by atoms with van der Waals surface area (Å²) >= 11 is 0. The Kier molecular flexibility index (Phi) is 6.88. The third-order valence-electron chi connectivity index (χ3n) is 6.48. The minimum atomic E-state index is -0.537. The fourth-order valence-corrected chi connectivity index (χ4v) is 4.42. The lowest BCUT2D eigenvalue weighted by atomic mass is 10.0. The molecular formula is C28H36N4O3. The molecule has 35 heavy (non-hydrogen) atoms. The molecule has 7 heteroatoms. The molecule has 0 spiro atoms. The van der Waals surface area contributed by atoms with E-state index in [4.69, 9.17) is 9.72 Å². The summed E-state index contributed by atoms with van der Waals surface area (Å²) < 4.78 is 7.55. The van der Waals surface area contributed by atoms with Crippen LogP contribution in [0.3, 0.4) is 0 Å². The Morgan fingerprint density at radius 1 is 0.943 bits per heavy atom. The van der Waals surface area contributed by atoms with Crippen molar-refractivity contribution >= 4 is 17.6 Å². The number of nitrogens with zero attached hydrogens (tertiary/aromatic N) is 4. The van der Waals surface area contributed by atoms with Crippen LogP contribution in [0.25, 0.3) is 16.9 Å². The van der Waals surface area contributed by atoms with Gasteiger partial charge in [-0.3, -0.25) is 4.79 Å². The average molecular weight is 477 g/mol. The molecule has 186 valence electrons. The molecule has 2 amide bonds. The number of imidazole rings is 1. The van der Waals surface area contributed by atoms with Crippen LogP contribution in [0.2, 0.25) is 0 Å². The van der Waals surface area contributed by atoms with Crippen molar-refractivity contribution in [1.29, 1.82) is 0 Å². The first-order chi connectivity index (χ1) is 16.5. The van der Waals surface area contributed by atoms with Gasteiger partial charge < -0.3 is 18.9 Å². The lowest BCUT2D eigenvalue weighted by Crippen LogP contribution is -2.40. The highest BCUT2D eigenvalue weighted by Crippen LogP contribution is 2.28. The quantitative estimate of drug-likeness (QED) is 0.537. The maximum atomic E-state index is 13.5. The average Bonchev–Trinajstić information content (AvgIpc) is 2.95. The van der Waals surface area contributed by atoms with Gasteiger partial charge in [0.25, 0.3) is 0 Å². The van der Waals surface area contributed by atoms with Crippen molar-refractivity contribution in [2.24, 2.45) is 0 Å². The van der Waals surface area contributed by atoms with E-state index in [0.717, 1.165) is 34.6 Å². The second kappa shape index (κ2) is 9.72. The normalized spacial score (nSPS) is 14.8. The van der Waals surface area contributed by atoms with Gasteiger partial charge in [0.2, 0.25) is 5.91 Å². The van der Waals surface area contributed by atoms with Crippen LogP contribution in [0.4, 0.5) is 4.79 Å². The number of carbonyl (C=O) groups is 2. The molecule has 1 aliphatic rings. The number of ether oxygens (including phenoxy) is 1. The van der Waals surface area contributed by atoms with Gasteiger partial charge in [0.05, 0.1) is 17.8 Å². The van der Waals surface area contributed by atoms with Crippen LogP contribution in [0.5, 0.6) is 0 Å². The molecular weight excluding hydrogens is 440 g/mol. The monoisotopic (exact) mass is 476 g/mol. The van der Waals surface area contributed by atoms with Gasteiger partial charge in [-0.05, 0) is 82.9 Å².